The Morgan fingerprint density at radius 2 is 2.32 bits per heavy atom. The summed E-state index contributed by atoms with van der Waals surface area (Å²) in [6.45, 7) is 1.09. The molecule has 0 bridgehead atoms. The van der Waals surface area contributed by atoms with E-state index in [0.717, 1.165) is 0 Å². The second-order valence-electron chi connectivity index (χ2n) is 6.59. The molecule has 5 N–H and O–H groups in total. The molecule has 2 aromatic heterocycles. The predicted octanol–water partition coefficient (Wildman–Crippen LogP) is 0.555. The van der Waals surface area contributed by atoms with Crippen LogP contribution in [0.5, 0.6) is 0 Å². The number of aromatic nitrogens is 4. The summed E-state index contributed by atoms with van der Waals surface area (Å²) in [5.74, 6) is -0.245. The molecule has 16 heteroatoms. The topological polar surface area (TPSA) is 159 Å². The van der Waals surface area contributed by atoms with E-state index in [1.165, 1.54) is 18.0 Å². The highest BCUT2D eigenvalue weighted by atomic mass is 35.5. The van der Waals surface area contributed by atoms with Gasteiger partial charge in [-0.1, -0.05) is 16.7 Å². The number of nitrogens with zero attached hydrogens (tertiary/aromatic N) is 4. The number of imidazole rings is 1. The average Bonchev–Trinajstić information content (AvgIpc) is 3.25. The van der Waals surface area contributed by atoms with Crippen molar-refractivity contribution in [3.63, 3.8) is 0 Å². The summed E-state index contributed by atoms with van der Waals surface area (Å²) < 4.78 is 31.9. The molecule has 1 aliphatic rings. The van der Waals surface area contributed by atoms with Gasteiger partial charge in [-0.25, -0.2) is 9.37 Å². The largest absolute Gasteiger partial charge is 0.468 e. The molecule has 12 nitrogen and oxygen atoms in total. The first-order chi connectivity index (χ1) is 14.6. The van der Waals surface area contributed by atoms with Crippen molar-refractivity contribution in [1.29, 1.82) is 0 Å². The van der Waals surface area contributed by atoms with Gasteiger partial charge in [0.25, 0.3) is 0 Å². The van der Waals surface area contributed by atoms with Crippen LogP contribution < -0.4 is 16.1 Å². The van der Waals surface area contributed by atoms with Crippen LogP contribution in [-0.2, 0) is 30.6 Å². The number of ether oxygens (including phenoxy) is 2. The number of nitrogens with two attached hydrogens (primary N) is 1. The molecule has 0 aromatic carbocycles. The van der Waals surface area contributed by atoms with E-state index in [1.807, 2.05) is 0 Å². The van der Waals surface area contributed by atoms with Gasteiger partial charge in [0.05, 0.1) is 13.4 Å². The number of nitrogen functional groups attached to an aromatic ring is 1. The SMILES string of the molecule is CNc1nc(N)nc2c1ncn2[C@@H]1O[C@](Cl)(CO[P+](=S)N[C@H](C)C(=O)OC)[C@@H](O)[C@@H]1F. The molecule has 1 unspecified atom stereocenters. The van der Waals surface area contributed by atoms with Gasteiger partial charge < -0.3 is 25.6 Å². The van der Waals surface area contributed by atoms with E-state index >= 15 is 0 Å². The molecule has 3 rings (SSSR count). The van der Waals surface area contributed by atoms with Crippen molar-refractivity contribution >= 4 is 59.4 Å². The molecule has 31 heavy (non-hydrogen) atoms. The van der Waals surface area contributed by atoms with E-state index in [-0.39, 0.29) is 11.6 Å². The monoisotopic (exact) mass is 496 g/mol. The van der Waals surface area contributed by atoms with Crippen molar-refractivity contribution in [3.05, 3.63) is 6.33 Å². The number of carbonyl (C=O) groups excluding carboxylic acids is 1. The lowest BCUT2D eigenvalue weighted by molar-refractivity contribution is -0.142. The minimum absolute atomic E-state index is 0.0597. The molecule has 0 radical (unpaired) electrons. The summed E-state index contributed by atoms with van der Waals surface area (Å²) >= 11 is 11.5. The van der Waals surface area contributed by atoms with Crippen LogP contribution in [0, 0.1) is 0 Å². The minimum Gasteiger partial charge on any atom is -0.468 e. The molecule has 0 spiro atoms. The van der Waals surface area contributed by atoms with Crippen molar-refractivity contribution in [2.45, 2.75) is 36.5 Å². The van der Waals surface area contributed by atoms with E-state index in [4.69, 9.17) is 38.4 Å². The highest BCUT2D eigenvalue weighted by Gasteiger charge is 2.57. The van der Waals surface area contributed by atoms with E-state index < -0.39 is 49.3 Å². The Hall–Kier alpha value is -1.80. The Balaban J connectivity index is 1.77. The summed E-state index contributed by atoms with van der Waals surface area (Å²) in [6, 6.07) is -0.722. The normalized spacial score (nSPS) is 27.3. The van der Waals surface area contributed by atoms with Crippen LogP contribution in [0.15, 0.2) is 6.33 Å². The fourth-order valence-corrected chi connectivity index (χ4v) is 4.70. The fraction of sp³-hybridized carbons (Fsp3) is 0.600. The lowest BCUT2D eigenvalue weighted by atomic mass is 10.1. The van der Waals surface area contributed by atoms with Gasteiger partial charge >= 0.3 is 13.0 Å². The Bertz CT molecular complexity index is 1000. The maximum absolute atomic E-state index is 15.0. The van der Waals surface area contributed by atoms with Gasteiger partial charge in [0.2, 0.25) is 22.8 Å². The number of halogens is 2. The molecular weight excluding hydrogens is 476 g/mol. The number of methoxy groups -OCH3 is 1. The summed E-state index contributed by atoms with van der Waals surface area (Å²) in [5.41, 5.74) is 6.24. The number of hydrogen-bond donors (Lipinski definition) is 4. The third-order valence-electron chi connectivity index (χ3n) is 4.51. The molecule has 1 aliphatic heterocycles. The number of aliphatic hydroxyl groups is 1. The summed E-state index contributed by atoms with van der Waals surface area (Å²) in [6.07, 6.45) is -3.77. The first kappa shape index (κ1) is 23.9. The van der Waals surface area contributed by atoms with Gasteiger partial charge in [-0.3, -0.25) is 9.36 Å². The molecule has 0 amide bonds. The first-order valence-electron chi connectivity index (χ1n) is 8.92. The second-order valence-corrected chi connectivity index (χ2v) is 9.26. The average molecular weight is 497 g/mol. The van der Waals surface area contributed by atoms with Crippen LogP contribution in [-0.4, -0.2) is 74.7 Å². The maximum atomic E-state index is 15.0. The molecule has 2 aromatic rings. The van der Waals surface area contributed by atoms with Gasteiger partial charge in [-0.05, 0) is 6.92 Å². The van der Waals surface area contributed by atoms with Crippen LogP contribution >= 0.6 is 18.7 Å². The van der Waals surface area contributed by atoms with E-state index in [0.29, 0.717) is 11.3 Å². The van der Waals surface area contributed by atoms with Crippen LogP contribution in [0.3, 0.4) is 0 Å². The number of carbonyl (C=O) groups is 1. The van der Waals surface area contributed by atoms with Gasteiger partial charge in [0.1, 0.15) is 18.8 Å². The van der Waals surface area contributed by atoms with Crippen molar-refractivity contribution in [2.75, 3.05) is 31.8 Å². The molecular formula is C15H21ClFN7O5PS+. The number of nitrogens with one attached hydrogen (secondary N) is 2. The number of rotatable bonds is 8. The Labute approximate surface area is 187 Å². The number of fused-ring (bicyclic) bond motifs is 1. The smallest absolute Gasteiger partial charge is 0.440 e. The first-order valence-corrected chi connectivity index (χ1v) is 11.6. The van der Waals surface area contributed by atoms with E-state index in [2.05, 4.69) is 30.1 Å². The van der Waals surface area contributed by atoms with Crippen LogP contribution in [0.1, 0.15) is 13.2 Å². The fourth-order valence-electron chi connectivity index (χ4n) is 2.92. The maximum Gasteiger partial charge on any atom is 0.440 e. The lowest BCUT2D eigenvalue weighted by Crippen LogP contribution is -2.41. The van der Waals surface area contributed by atoms with Crippen molar-refractivity contribution in [3.8, 4) is 0 Å². The van der Waals surface area contributed by atoms with Crippen LogP contribution in [0.25, 0.3) is 11.2 Å². The van der Waals surface area contributed by atoms with Gasteiger partial charge in [-0.2, -0.15) is 9.97 Å². The van der Waals surface area contributed by atoms with Crippen molar-refractivity contribution < 1.29 is 28.3 Å². The van der Waals surface area contributed by atoms with Gasteiger partial charge in [0.15, 0.2) is 29.4 Å². The van der Waals surface area contributed by atoms with Crippen molar-refractivity contribution in [1.82, 2.24) is 24.6 Å². The third kappa shape index (κ3) is 4.70. The lowest BCUT2D eigenvalue weighted by Gasteiger charge is -2.22. The number of hydrogen-bond acceptors (Lipinski definition) is 11. The molecule has 1 fully saturated rings. The molecule has 0 aliphatic carbocycles. The van der Waals surface area contributed by atoms with Gasteiger partial charge in [-0.15, -0.1) is 4.52 Å². The Morgan fingerprint density at radius 3 is 2.97 bits per heavy atom. The predicted molar refractivity (Wildman–Crippen MR) is 114 cm³/mol. The molecule has 1 saturated heterocycles. The van der Waals surface area contributed by atoms with E-state index in [9.17, 15) is 14.3 Å². The zero-order valence-corrected chi connectivity index (χ0v) is 19.1. The number of alkyl halides is 2. The highest BCUT2D eigenvalue weighted by Crippen LogP contribution is 2.44. The number of esters is 1. The van der Waals surface area contributed by atoms with Gasteiger partial charge in [0, 0.05) is 7.05 Å². The quantitative estimate of drug-likeness (QED) is 0.229. The summed E-state index contributed by atoms with van der Waals surface area (Å²) in [4.78, 5) is 23.7. The van der Waals surface area contributed by atoms with Crippen LogP contribution in [0.4, 0.5) is 16.2 Å². The van der Waals surface area contributed by atoms with E-state index in [1.54, 1.807) is 14.0 Å². The zero-order valence-electron chi connectivity index (χ0n) is 16.7. The second kappa shape index (κ2) is 9.36. The molecule has 6 atom stereocenters. The molecule has 3 heterocycles. The minimum atomic E-state index is -1.94. The summed E-state index contributed by atoms with van der Waals surface area (Å²) in [7, 11) is 1.09. The highest BCUT2D eigenvalue weighted by molar-refractivity contribution is 8.02. The third-order valence-corrected chi connectivity index (χ3v) is 6.53. The Kier molecular flexibility index (Phi) is 7.21. The number of anilines is 2. The standard InChI is InChI=1S/C15H21ClFN7O5PS/c1-6(13(26)27-3)23-30(31)28-4-15(16)9(25)7(17)12(29-15)24-5-20-8-10(19-2)21-14(18)22-11(8)24/h5-7,9,12,25H,4H2,1-3H3,(H,23,31)(H3,18,19,21,22)/q+1/t6-,7+,9+,12-,15-/m1/s1. The zero-order chi connectivity index (χ0) is 22.9. The molecule has 170 valence electrons. The Morgan fingerprint density at radius 1 is 1.61 bits per heavy atom. The summed E-state index contributed by atoms with van der Waals surface area (Å²) in [5, 5.41) is 14.0. The van der Waals surface area contributed by atoms with Crippen molar-refractivity contribution in [2.24, 2.45) is 0 Å². The molecule has 0 saturated carbocycles. The number of aliphatic hydroxyl groups excluding tert-OH is 1. The van der Waals surface area contributed by atoms with Crippen LogP contribution in [0.2, 0.25) is 0 Å².